The maximum atomic E-state index is 12.9. The molecule has 8 heteroatoms. The topological polar surface area (TPSA) is 84.2 Å². The summed E-state index contributed by atoms with van der Waals surface area (Å²) in [4.78, 5) is 37.7. The van der Waals surface area contributed by atoms with Crippen LogP contribution >= 0.6 is 0 Å². The van der Waals surface area contributed by atoms with Crippen molar-refractivity contribution in [3.05, 3.63) is 45.8 Å². The first kappa shape index (κ1) is 17.6. The van der Waals surface area contributed by atoms with Gasteiger partial charge in [0.05, 0.1) is 5.69 Å². The van der Waals surface area contributed by atoms with E-state index in [1.807, 2.05) is 11.8 Å². The highest BCUT2D eigenvalue weighted by Gasteiger charge is 2.28. The van der Waals surface area contributed by atoms with E-state index >= 15 is 0 Å². The van der Waals surface area contributed by atoms with Crippen LogP contribution in [0.2, 0.25) is 0 Å². The largest absolute Gasteiger partial charge is 0.353 e. The molecular weight excluding hydrogens is 344 g/mol. The molecule has 2 aromatic heterocycles. The number of nitrogens with zero attached hydrogens (tertiary/aromatic N) is 6. The summed E-state index contributed by atoms with van der Waals surface area (Å²) in [6, 6.07) is 1.06. The Balaban J connectivity index is 1.45. The Kier molecular flexibility index (Phi) is 4.63. The fraction of sp³-hybridized carbons (Fsp3) is 0.526. The Labute approximate surface area is 157 Å². The normalized spacial score (nSPS) is 17.7. The van der Waals surface area contributed by atoms with E-state index in [1.54, 1.807) is 25.5 Å². The summed E-state index contributed by atoms with van der Waals surface area (Å²) in [5.41, 5.74) is 2.83. The maximum absolute atomic E-state index is 12.9. The van der Waals surface area contributed by atoms with Crippen LogP contribution in [0.4, 0.5) is 5.82 Å². The third-order valence-corrected chi connectivity index (χ3v) is 5.47. The number of aryl methyl sites for hydroxylation is 3. The molecule has 1 amide bonds. The number of piperazine rings is 1. The summed E-state index contributed by atoms with van der Waals surface area (Å²) in [7, 11) is 0. The maximum Gasteiger partial charge on any atom is 0.267 e. The van der Waals surface area contributed by atoms with Gasteiger partial charge in [0, 0.05) is 44.0 Å². The number of hydrogen-bond acceptors (Lipinski definition) is 6. The molecule has 3 heterocycles. The Morgan fingerprint density at radius 1 is 1.19 bits per heavy atom. The molecular formula is C19H24N6O2. The standard InChI is InChI=1S/C19H24N6O2/c1-13-11-20-12-21-18(13)23-6-8-24(9-7-23)19(27)14(2)25-17(26)10-15-4-3-5-16(15)22-25/h10-12,14H,3-9H2,1-2H3. The van der Waals surface area contributed by atoms with Crippen LogP contribution in [0.1, 0.15) is 36.2 Å². The first-order valence-electron chi connectivity index (χ1n) is 9.46. The molecule has 2 aliphatic rings. The minimum atomic E-state index is -0.587. The number of amides is 1. The van der Waals surface area contributed by atoms with Crippen LogP contribution in [0, 0.1) is 6.92 Å². The Morgan fingerprint density at radius 2 is 1.96 bits per heavy atom. The van der Waals surface area contributed by atoms with Gasteiger partial charge in [-0.05, 0) is 38.7 Å². The van der Waals surface area contributed by atoms with Crippen molar-refractivity contribution in [3.8, 4) is 0 Å². The zero-order chi connectivity index (χ0) is 19.0. The van der Waals surface area contributed by atoms with Crippen molar-refractivity contribution in [1.29, 1.82) is 0 Å². The summed E-state index contributed by atoms with van der Waals surface area (Å²) < 4.78 is 1.35. The highest BCUT2D eigenvalue weighted by Crippen LogP contribution is 2.20. The molecule has 0 N–H and O–H groups in total. The second-order valence-electron chi connectivity index (χ2n) is 7.27. The minimum absolute atomic E-state index is 0.0541. The van der Waals surface area contributed by atoms with Crippen molar-refractivity contribution in [1.82, 2.24) is 24.6 Å². The summed E-state index contributed by atoms with van der Waals surface area (Å²) in [6.07, 6.45) is 6.17. The molecule has 0 saturated carbocycles. The van der Waals surface area contributed by atoms with Crippen molar-refractivity contribution >= 4 is 11.7 Å². The summed E-state index contributed by atoms with van der Waals surface area (Å²) in [5, 5.41) is 4.47. The van der Waals surface area contributed by atoms with Gasteiger partial charge in [0.2, 0.25) is 5.91 Å². The first-order valence-corrected chi connectivity index (χ1v) is 9.46. The zero-order valence-corrected chi connectivity index (χ0v) is 15.8. The molecule has 1 aliphatic carbocycles. The molecule has 8 nitrogen and oxygen atoms in total. The fourth-order valence-corrected chi connectivity index (χ4v) is 3.92. The predicted molar refractivity (Wildman–Crippen MR) is 101 cm³/mol. The number of carbonyl (C=O) groups excluding carboxylic acids is 1. The van der Waals surface area contributed by atoms with Crippen LogP contribution in [-0.4, -0.2) is 56.7 Å². The lowest BCUT2D eigenvalue weighted by molar-refractivity contribution is -0.135. The van der Waals surface area contributed by atoms with Crippen molar-refractivity contribution in [3.63, 3.8) is 0 Å². The molecule has 2 aromatic rings. The lowest BCUT2D eigenvalue weighted by atomic mass is 10.2. The number of anilines is 1. The van der Waals surface area contributed by atoms with Gasteiger partial charge in [0.1, 0.15) is 18.2 Å². The molecule has 0 spiro atoms. The average molecular weight is 368 g/mol. The number of rotatable bonds is 3. The van der Waals surface area contributed by atoms with Crippen molar-refractivity contribution in [2.45, 2.75) is 39.2 Å². The highest BCUT2D eigenvalue weighted by atomic mass is 16.2. The van der Waals surface area contributed by atoms with Crippen molar-refractivity contribution in [2.24, 2.45) is 0 Å². The molecule has 1 saturated heterocycles. The van der Waals surface area contributed by atoms with E-state index in [9.17, 15) is 9.59 Å². The Morgan fingerprint density at radius 3 is 2.70 bits per heavy atom. The van der Waals surface area contributed by atoms with Gasteiger partial charge in [-0.15, -0.1) is 0 Å². The van der Waals surface area contributed by atoms with Gasteiger partial charge in [-0.3, -0.25) is 9.59 Å². The zero-order valence-electron chi connectivity index (χ0n) is 15.8. The third-order valence-electron chi connectivity index (χ3n) is 5.47. The predicted octanol–water partition coefficient (Wildman–Crippen LogP) is 0.740. The van der Waals surface area contributed by atoms with E-state index in [-0.39, 0.29) is 11.5 Å². The Hall–Kier alpha value is -2.77. The second-order valence-corrected chi connectivity index (χ2v) is 7.27. The van der Waals surface area contributed by atoms with Crippen molar-refractivity contribution < 1.29 is 4.79 Å². The van der Waals surface area contributed by atoms with E-state index in [0.29, 0.717) is 26.2 Å². The van der Waals surface area contributed by atoms with Gasteiger partial charge in [0.25, 0.3) is 5.56 Å². The van der Waals surface area contributed by atoms with Gasteiger partial charge in [-0.25, -0.2) is 14.6 Å². The molecule has 142 valence electrons. The van der Waals surface area contributed by atoms with Crippen LogP contribution < -0.4 is 10.5 Å². The molecule has 0 bridgehead atoms. The van der Waals surface area contributed by atoms with Gasteiger partial charge in [-0.1, -0.05) is 0 Å². The number of hydrogen-bond donors (Lipinski definition) is 0. The molecule has 27 heavy (non-hydrogen) atoms. The van der Waals surface area contributed by atoms with Crippen LogP contribution in [0.15, 0.2) is 23.4 Å². The van der Waals surface area contributed by atoms with Gasteiger partial charge >= 0.3 is 0 Å². The number of carbonyl (C=O) groups is 1. The summed E-state index contributed by atoms with van der Waals surface area (Å²) >= 11 is 0. The molecule has 0 radical (unpaired) electrons. The molecule has 1 unspecified atom stereocenters. The minimum Gasteiger partial charge on any atom is -0.353 e. The van der Waals surface area contributed by atoms with E-state index < -0.39 is 6.04 Å². The van der Waals surface area contributed by atoms with Crippen molar-refractivity contribution in [2.75, 3.05) is 31.1 Å². The Bertz CT molecular complexity index is 917. The second kappa shape index (κ2) is 7.09. The molecule has 4 rings (SSSR count). The van der Waals surface area contributed by atoms with Crippen LogP contribution in [0.25, 0.3) is 0 Å². The van der Waals surface area contributed by atoms with Crippen LogP contribution in [-0.2, 0) is 17.6 Å². The van der Waals surface area contributed by atoms with Crippen LogP contribution in [0.3, 0.4) is 0 Å². The summed E-state index contributed by atoms with van der Waals surface area (Å²) in [5.74, 6) is 0.864. The van der Waals surface area contributed by atoms with Gasteiger partial charge < -0.3 is 9.80 Å². The molecule has 0 aromatic carbocycles. The van der Waals surface area contributed by atoms with Gasteiger partial charge in [-0.2, -0.15) is 5.10 Å². The SMILES string of the molecule is Cc1cncnc1N1CCN(C(=O)C(C)n2nc3c(cc2=O)CCC3)CC1. The number of aromatic nitrogens is 4. The lowest BCUT2D eigenvalue weighted by Crippen LogP contribution is -2.51. The smallest absolute Gasteiger partial charge is 0.267 e. The molecule has 1 fully saturated rings. The lowest BCUT2D eigenvalue weighted by Gasteiger charge is -2.37. The molecule has 1 atom stereocenters. The highest BCUT2D eigenvalue weighted by molar-refractivity contribution is 5.80. The summed E-state index contributed by atoms with van der Waals surface area (Å²) in [6.45, 7) is 6.38. The average Bonchev–Trinajstić information content (AvgIpc) is 3.14. The van der Waals surface area contributed by atoms with Crippen LogP contribution in [0.5, 0.6) is 0 Å². The fourth-order valence-electron chi connectivity index (χ4n) is 3.92. The van der Waals surface area contributed by atoms with E-state index in [1.165, 1.54) is 4.68 Å². The molecule has 1 aliphatic heterocycles. The van der Waals surface area contributed by atoms with E-state index in [0.717, 1.165) is 41.9 Å². The monoisotopic (exact) mass is 368 g/mol. The quantitative estimate of drug-likeness (QED) is 0.795. The number of fused-ring (bicyclic) bond motifs is 1. The van der Waals surface area contributed by atoms with E-state index in [4.69, 9.17) is 0 Å². The van der Waals surface area contributed by atoms with E-state index in [2.05, 4.69) is 20.0 Å². The van der Waals surface area contributed by atoms with Gasteiger partial charge in [0.15, 0.2) is 0 Å². The third kappa shape index (κ3) is 3.31. The first-order chi connectivity index (χ1) is 13.0.